The van der Waals surface area contributed by atoms with E-state index in [0.717, 1.165) is 0 Å². The molecular formula is C18H27N7O6S. The molecule has 4 atom stereocenters. The van der Waals surface area contributed by atoms with Crippen molar-refractivity contribution in [1.29, 1.82) is 0 Å². The van der Waals surface area contributed by atoms with Crippen LogP contribution >= 0.6 is 12.6 Å². The number of carboxylic acid groups (broad SMARTS) is 1. The zero-order valence-electron chi connectivity index (χ0n) is 17.2. The Morgan fingerprint density at radius 3 is 2.50 bits per heavy atom. The number of imidazole rings is 1. The zero-order chi connectivity index (χ0) is 23.8. The molecule has 1 aliphatic rings. The van der Waals surface area contributed by atoms with Crippen LogP contribution in [0.5, 0.6) is 0 Å². The van der Waals surface area contributed by atoms with Gasteiger partial charge in [0.15, 0.2) is 0 Å². The first kappa shape index (κ1) is 25.1. The minimum atomic E-state index is -1.38. The van der Waals surface area contributed by atoms with Gasteiger partial charge in [0.1, 0.15) is 18.1 Å². The van der Waals surface area contributed by atoms with Crippen LogP contribution in [-0.2, 0) is 30.4 Å². The summed E-state index contributed by atoms with van der Waals surface area (Å²) in [5.74, 6) is -4.15. The van der Waals surface area contributed by atoms with E-state index in [0.29, 0.717) is 18.5 Å². The van der Waals surface area contributed by atoms with Gasteiger partial charge in [0.05, 0.1) is 18.8 Å². The maximum atomic E-state index is 13.1. The number of primary amides is 1. The number of aliphatic carboxylic acids is 1. The summed E-state index contributed by atoms with van der Waals surface area (Å²) in [6.07, 6.45) is 3.12. The van der Waals surface area contributed by atoms with E-state index in [1.807, 2.05) is 0 Å². The van der Waals surface area contributed by atoms with E-state index in [1.54, 1.807) is 0 Å². The monoisotopic (exact) mass is 469 g/mol. The zero-order valence-corrected chi connectivity index (χ0v) is 18.1. The predicted molar refractivity (Wildman–Crippen MR) is 114 cm³/mol. The summed E-state index contributed by atoms with van der Waals surface area (Å²) in [5, 5.41) is 14.2. The molecule has 32 heavy (non-hydrogen) atoms. The Morgan fingerprint density at radius 1 is 1.25 bits per heavy atom. The maximum Gasteiger partial charge on any atom is 0.326 e. The van der Waals surface area contributed by atoms with Crippen LogP contribution in [0.2, 0.25) is 0 Å². The minimum Gasteiger partial charge on any atom is -0.480 e. The third-order valence-electron chi connectivity index (χ3n) is 4.99. The second-order valence-electron chi connectivity index (χ2n) is 7.39. The molecule has 1 fully saturated rings. The second kappa shape index (κ2) is 11.5. The normalized spacial score (nSPS) is 18.4. The number of thiol groups is 1. The van der Waals surface area contributed by atoms with E-state index in [9.17, 15) is 29.1 Å². The maximum absolute atomic E-state index is 13.1. The van der Waals surface area contributed by atoms with Crippen molar-refractivity contribution in [2.24, 2.45) is 11.5 Å². The molecule has 0 aromatic carbocycles. The first-order chi connectivity index (χ1) is 15.1. The molecule has 4 unspecified atom stereocenters. The number of amides is 4. The summed E-state index contributed by atoms with van der Waals surface area (Å²) >= 11 is 3.92. The molecule has 2 heterocycles. The molecule has 14 heteroatoms. The quantitative estimate of drug-likeness (QED) is 0.167. The number of carbonyl (C=O) groups is 5. The number of H-pyrrole nitrogens is 1. The SMILES string of the molecule is NC(=O)CC(NC(=O)C(N)CS)C(=O)NC(Cc1cnc[nH]1)C(=O)N1CCCC1C(=O)O. The highest BCUT2D eigenvalue weighted by Crippen LogP contribution is 2.19. The minimum absolute atomic E-state index is 0.00319. The number of carbonyl (C=O) groups excluding carboxylic acids is 4. The molecule has 0 aliphatic carbocycles. The third-order valence-corrected chi connectivity index (χ3v) is 5.38. The Balaban J connectivity index is 2.22. The lowest BCUT2D eigenvalue weighted by atomic mass is 10.1. The summed E-state index contributed by atoms with van der Waals surface area (Å²) < 4.78 is 0. The van der Waals surface area contributed by atoms with Crippen molar-refractivity contribution in [3.63, 3.8) is 0 Å². The number of nitrogens with zero attached hydrogens (tertiary/aromatic N) is 2. The van der Waals surface area contributed by atoms with Crippen molar-refractivity contribution >= 4 is 42.2 Å². The number of aromatic nitrogens is 2. The fourth-order valence-corrected chi connectivity index (χ4v) is 3.51. The predicted octanol–water partition coefficient (Wildman–Crippen LogP) is -2.87. The number of aromatic amines is 1. The van der Waals surface area contributed by atoms with Crippen molar-refractivity contribution in [3.8, 4) is 0 Å². The lowest BCUT2D eigenvalue weighted by Crippen LogP contribution is -2.58. The molecule has 0 saturated carbocycles. The average Bonchev–Trinajstić information content (AvgIpc) is 3.43. The van der Waals surface area contributed by atoms with Crippen LogP contribution in [0.15, 0.2) is 12.5 Å². The molecule has 2 rings (SSSR count). The van der Waals surface area contributed by atoms with Gasteiger partial charge in [-0.25, -0.2) is 9.78 Å². The smallest absolute Gasteiger partial charge is 0.326 e. The highest BCUT2D eigenvalue weighted by Gasteiger charge is 2.38. The summed E-state index contributed by atoms with van der Waals surface area (Å²) in [7, 11) is 0. The summed E-state index contributed by atoms with van der Waals surface area (Å²) in [6, 6.07) is -4.58. The van der Waals surface area contributed by atoms with E-state index >= 15 is 0 Å². The van der Waals surface area contributed by atoms with Gasteiger partial charge in [-0.3, -0.25) is 19.2 Å². The molecule has 176 valence electrons. The number of nitrogens with one attached hydrogen (secondary N) is 3. The number of hydrogen-bond donors (Lipinski definition) is 7. The molecular weight excluding hydrogens is 442 g/mol. The van der Waals surface area contributed by atoms with Gasteiger partial charge in [-0.05, 0) is 12.8 Å². The molecule has 0 radical (unpaired) electrons. The standard InChI is InChI=1S/C18H27N7O6S/c19-10(7-32)15(27)23-11(5-14(20)26)16(28)24-12(4-9-6-21-8-22-9)17(29)25-3-1-2-13(25)18(30)31/h6,8,10-13,32H,1-5,7,19H2,(H2,20,26)(H,21,22)(H,23,27)(H,24,28)(H,30,31). The summed E-state index contributed by atoms with van der Waals surface area (Å²) in [4.78, 5) is 69.0. The summed E-state index contributed by atoms with van der Waals surface area (Å²) in [5.41, 5.74) is 11.3. The van der Waals surface area contributed by atoms with E-state index in [-0.39, 0.29) is 18.7 Å². The number of nitrogens with two attached hydrogens (primary N) is 2. The van der Waals surface area contributed by atoms with Crippen molar-refractivity contribution in [3.05, 3.63) is 18.2 Å². The molecule has 13 nitrogen and oxygen atoms in total. The van der Waals surface area contributed by atoms with E-state index in [4.69, 9.17) is 11.5 Å². The number of rotatable bonds is 11. The Labute approximate surface area is 189 Å². The fraction of sp³-hybridized carbons (Fsp3) is 0.556. The van der Waals surface area contributed by atoms with Gasteiger partial charge in [-0.1, -0.05) is 0 Å². The van der Waals surface area contributed by atoms with Crippen LogP contribution < -0.4 is 22.1 Å². The number of likely N-dealkylation sites (tertiary alicyclic amines) is 1. The van der Waals surface area contributed by atoms with Gasteiger partial charge in [0.2, 0.25) is 23.6 Å². The summed E-state index contributed by atoms with van der Waals surface area (Å²) in [6.45, 7) is 0.226. The molecule has 8 N–H and O–H groups in total. The highest BCUT2D eigenvalue weighted by atomic mass is 32.1. The van der Waals surface area contributed by atoms with E-state index < -0.39 is 60.2 Å². The largest absolute Gasteiger partial charge is 0.480 e. The number of carboxylic acids is 1. The molecule has 1 aromatic heterocycles. The van der Waals surface area contributed by atoms with E-state index in [2.05, 4.69) is 33.2 Å². The highest BCUT2D eigenvalue weighted by molar-refractivity contribution is 7.80. The van der Waals surface area contributed by atoms with Gasteiger partial charge >= 0.3 is 5.97 Å². The molecule has 4 amide bonds. The van der Waals surface area contributed by atoms with Crippen LogP contribution in [0.25, 0.3) is 0 Å². The molecule has 0 bridgehead atoms. The Hall–Kier alpha value is -3.13. The van der Waals surface area contributed by atoms with Crippen molar-refractivity contribution in [2.45, 2.75) is 49.9 Å². The molecule has 1 aliphatic heterocycles. The van der Waals surface area contributed by atoms with Crippen LogP contribution in [0.1, 0.15) is 25.0 Å². The van der Waals surface area contributed by atoms with Crippen molar-refractivity contribution < 1.29 is 29.1 Å². The molecule has 1 saturated heterocycles. The van der Waals surface area contributed by atoms with Gasteiger partial charge in [-0.2, -0.15) is 12.6 Å². The Morgan fingerprint density at radius 2 is 1.94 bits per heavy atom. The molecule has 1 aromatic rings. The van der Waals surface area contributed by atoms with Gasteiger partial charge < -0.3 is 37.1 Å². The van der Waals surface area contributed by atoms with Crippen molar-refractivity contribution in [1.82, 2.24) is 25.5 Å². The van der Waals surface area contributed by atoms with Gasteiger partial charge in [0, 0.05) is 30.6 Å². The lowest BCUT2D eigenvalue weighted by molar-refractivity contribution is -0.149. The topological polar surface area (TPSA) is 214 Å². The van der Waals surface area contributed by atoms with Crippen LogP contribution in [0.4, 0.5) is 0 Å². The van der Waals surface area contributed by atoms with Crippen LogP contribution in [0, 0.1) is 0 Å². The first-order valence-electron chi connectivity index (χ1n) is 9.90. The second-order valence-corrected chi connectivity index (χ2v) is 7.76. The number of hydrogen-bond acceptors (Lipinski definition) is 8. The van der Waals surface area contributed by atoms with Gasteiger partial charge in [-0.15, -0.1) is 0 Å². The van der Waals surface area contributed by atoms with Crippen molar-refractivity contribution in [2.75, 3.05) is 12.3 Å². The van der Waals surface area contributed by atoms with Gasteiger partial charge in [0.25, 0.3) is 0 Å². The lowest BCUT2D eigenvalue weighted by Gasteiger charge is -2.28. The average molecular weight is 470 g/mol. The Bertz CT molecular complexity index is 849. The first-order valence-corrected chi connectivity index (χ1v) is 10.5. The molecule has 0 spiro atoms. The van der Waals surface area contributed by atoms with Crippen LogP contribution in [-0.4, -0.2) is 86.0 Å². The fourth-order valence-electron chi connectivity index (χ4n) is 3.35. The Kier molecular flexibility index (Phi) is 9.02. The van der Waals surface area contributed by atoms with E-state index in [1.165, 1.54) is 17.4 Å². The van der Waals surface area contributed by atoms with Crippen LogP contribution in [0.3, 0.4) is 0 Å². The third kappa shape index (κ3) is 6.68.